The first-order valence-electron chi connectivity index (χ1n) is 12.5. The van der Waals surface area contributed by atoms with Crippen molar-refractivity contribution in [1.82, 2.24) is 15.2 Å². The third kappa shape index (κ3) is 6.09. The van der Waals surface area contributed by atoms with Crippen molar-refractivity contribution in [3.8, 4) is 0 Å². The van der Waals surface area contributed by atoms with E-state index in [4.69, 9.17) is 0 Å². The van der Waals surface area contributed by atoms with Crippen LogP contribution in [0.15, 0.2) is 60.8 Å². The Hall–Kier alpha value is -3.05. The van der Waals surface area contributed by atoms with Gasteiger partial charge in [-0.1, -0.05) is 48.5 Å². The molecule has 5 nitrogen and oxygen atoms in total. The second-order valence-electron chi connectivity index (χ2n) is 9.43. The van der Waals surface area contributed by atoms with E-state index in [1.165, 1.54) is 5.56 Å². The van der Waals surface area contributed by atoms with Gasteiger partial charge in [0.25, 0.3) is 0 Å². The zero-order valence-corrected chi connectivity index (χ0v) is 20.3. The maximum atomic E-state index is 13.2. The highest BCUT2D eigenvalue weighted by Gasteiger charge is 2.29. The van der Waals surface area contributed by atoms with Crippen LogP contribution >= 0.6 is 0 Å². The Bertz CT molecular complexity index is 1120. The number of hydrogen-bond donors (Lipinski definition) is 1. The van der Waals surface area contributed by atoms with Crippen molar-refractivity contribution in [2.24, 2.45) is 0 Å². The quantitative estimate of drug-likeness (QED) is 0.482. The highest BCUT2D eigenvalue weighted by Crippen LogP contribution is 2.20. The Labute approximate surface area is 202 Å². The fourth-order valence-electron chi connectivity index (χ4n) is 4.89. The molecule has 0 aliphatic carbocycles. The van der Waals surface area contributed by atoms with Crippen LogP contribution in [0.4, 0.5) is 0 Å². The maximum Gasteiger partial charge on any atom is 0.237 e. The summed E-state index contributed by atoms with van der Waals surface area (Å²) in [7, 11) is 0. The number of amides is 1. The first-order chi connectivity index (χ1) is 16.5. The second-order valence-corrected chi connectivity index (χ2v) is 9.43. The van der Waals surface area contributed by atoms with Gasteiger partial charge >= 0.3 is 0 Å². The van der Waals surface area contributed by atoms with Crippen LogP contribution in [0.3, 0.4) is 0 Å². The molecule has 1 fully saturated rings. The third-order valence-electron chi connectivity index (χ3n) is 6.96. The van der Waals surface area contributed by atoms with E-state index >= 15 is 0 Å². The molecule has 4 rings (SSSR count). The average molecular weight is 458 g/mol. The maximum absolute atomic E-state index is 13.2. The average Bonchev–Trinajstić information content (AvgIpc) is 3.38. The van der Waals surface area contributed by atoms with Crippen molar-refractivity contribution in [3.63, 3.8) is 0 Å². The highest BCUT2D eigenvalue weighted by molar-refractivity contribution is 5.91. The van der Waals surface area contributed by atoms with Gasteiger partial charge in [-0.05, 0) is 81.6 Å². The van der Waals surface area contributed by atoms with Crippen LogP contribution in [-0.2, 0) is 22.4 Å². The van der Waals surface area contributed by atoms with E-state index in [0.717, 1.165) is 60.8 Å². The van der Waals surface area contributed by atoms with E-state index in [1.54, 1.807) is 0 Å². The number of likely N-dealkylation sites (tertiary alicyclic amines) is 1. The fourth-order valence-corrected chi connectivity index (χ4v) is 4.89. The summed E-state index contributed by atoms with van der Waals surface area (Å²) < 4.78 is 0. The summed E-state index contributed by atoms with van der Waals surface area (Å²) in [5, 5.41) is 5.31. The van der Waals surface area contributed by atoms with Crippen molar-refractivity contribution >= 4 is 22.5 Å². The Kier molecular flexibility index (Phi) is 8.07. The van der Waals surface area contributed by atoms with Crippen molar-refractivity contribution in [1.29, 1.82) is 0 Å². The van der Waals surface area contributed by atoms with Crippen LogP contribution < -0.4 is 5.32 Å². The molecule has 1 aliphatic rings. The van der Waals surface area contributed by atoms with Crippen LogP contribution in [0.5, 0.6) is 0 Å². The molecule has 2 atom stereocenters. The van der Waals surface area contributed by atoms with Gasteiger partial charge in [-0.3, -0.25) is 19.5 Å². The van der Waals surface area contributed by atoms with Gasteiger partial charge in [-0.15, -0.1) is 0 Å². The number of rotatable bonds is 10. The van der Waals surface area contributed by atoms with E-state index < -0.39 is 6.04 Å². The molecule has 2 heterocycles. The summed E-state index contributed by atoms with van der Waals surface area (Å²) in [5.74, 6) is 0.0509. The van der Waals surface area contributed by atoms with Gasteiger partial charge in [0.05, 0.1) is 12.1 Å². The zero-order chi connectivity index (χ0) is 23.9. The summed E-state index contributed by atoms with van der Waals surface area (Å²) in [6.07, 6.45) is 6.78. The van der Waals surface area contributed by atoms with E-state index in [0.29, 0.717) is 12.8 Å². The first-order valence-corrected chi connectivity index (χ1v) is 12.5. The lowest BCUT2D eigenvalue weighted by molar-refractivity contribution is -0.130. The lowest BCUT2D eigenvalue weighted by Crippen LogP contribution is -2.50. The second kappa shape index (κ2) is 11.4. The molecule has 5 heteroatoms. The molecule has 3 aromatic rings. The summed E-state index contributed by atoms with van der Waals surface area (Å²) >= 11 is 0. The summed E-state index contributed by atoms with van der Waals surface area (Å²) in [6, 6.07) is 17.9. The number of aromatic nitrogens is 1. The van der Waals surface area contributed by atoms with Crippen LogP contribution in [0.1, 0.15) is 49.4 Å². The molecule has 1 saturated heterocycles. The lowest BCUT2D eigenvalue weighted by atomic mass is 10.00. The molecule has 2 aromatic carbocycles. The Morgan fingerprint density at radius 2 is 1.76 bits per heavy atom. The Morgan fingerprint density at radius 1 is 1.00 bits per heavy atom. The summed E-state index contributed by atoms with van der Waals surface area (Å²) in [5.41, 5.74) is 3.38. The number of carbonyl (C=O) groups is 2. The summed E-state index contributed by atoms with van der Waals surface area (Å²) in [4.78, 5) is 32.7. The minimum absolute atomic E-state index is 0.0210. The molecule has 1 aliphatic heterocycles. The van der Waals surface area contributed by atoms with Crippen LogP contribution in [-0.4, -0.2) is 46.7 Å². The number of carbonyl (C=O) groups excluding carboxylic acids is 2. The van der Waals surface area contributed by atoms with Crippen molar-refractivity contribution in [2.75, 3.05) is 13.1 Å². The van der Waals surface area contributed by atoms with Gasteiger partial charge in [-0.2, -0.15) is 0 Å². The molecule has 0 unspecified atom stereocenters. The first kappa shape index (κ1) is 24.1. The molecule has 0 radical (unpaired) electrons. The lowest BCUT2D eigenvalue weighted by Gasteiger charge is -2.28. The Balaban J connectivity index is 1.33. The van der Waals surface area contributed by atoms with E-state index in [9.17, 15) is 9.59 Å². The predicted octanol–water partition coefficient (Wildman–Crippen LogP) is 4.65. The van der Waals surface area contributed by atoms with Gasteiger partial charge in [-0.25, -0.2) is 0 Å². The van der Waals surface area contributed by atoms with Gasteiger partial charge in [0, 0.05) is 23.7 Å². The predicted molar refractivity (Wildman–Crippen MR) is 137 cm³/mol. The van der Waals surface area contributed by atoms with E-state index in [1.807, 2.05) is 44.3 Å². The molecule has 0 saturated carbocycles. The normalized spacial score (nSPS) is 15.8. The van der Waals surface area contributed by atoms with Crippen molar-refractivity contribution in [3.05, 3.63) is 77.6 Å². The number of aryl methyl sites for hydroxylation is 3. The number of ketones is 1. The van der Waals surface area contributed by atoms with E-state index in [-0.39, 0.29) is 17.7 Å². The largest absolute Gasteiger partial charge is 0.345 e. The van der Waals surface area contributed by atoms with Gasteiger partial charge in [0.2, 0.25) is 5.91 Å². The van der Waals surface area contributed by atoms with Crippen LogP contribution in [0, 0.1) is 6.92 Å². The molecule has 1 amide bonds. The third-order valence-corrected chi connectivity index (χ3v) is 6.96. The number of pyridine rings is 1. The number of fused-ring (bicyclic) bond motifs is 1. The van der Waals surface area contributed by atoms with Gasteiger partial charge < -0.3 is 5.32 Å². The highest BCUT2D eigenvalue weighted by atomic mass is 16.2. The molecule has 1 N–H and O–H groups in total. The number of benzene rings is 2. The smallest absolute Gasteiger partial charge is 0.237 e. The number of nitrogens with one attached hydrogen (secondary N) is 1. The molecule has 0 bridgehead atoms. The van der Waals surface area contributed by atoms with Gasteiger partial charge in [0.1, 0.15) is 0 Å². The SMILES string of the molecule is Cc1nccc2cc(CCC(=O)[C@H](C)NC(=O)[C@@H](CCc3ccccc3)N3CCCC3)ccc12. The molecule has 0 spiro atoms. The van der Waals surface area contributed by atoms with E-state index in [2.05, 4.69) is 45.5 Å². The minimum atomic E-state index is -0.485. The number of hydrogen-bond acceptors (Lipinski definition) is 4. The summed E-state index contributed by atoms with van der Waals surface area (Å²) in [6.45, 7) is 5.72. The molecule has 178 valence electrons. The molecular formula is C29H35N3O2. The van der Waals surface area contributed by atoms with Crippen molar-refractivity contribution in [2.45, 2.75) is 64.5 Å². The van der Waals surface area contributed by atoms with Crippen LogP contribution in [0.2, 0.25) is 0 Å². The standard InChI is InChI=1S/C29H35N3O2/c1-21-26-13-10-24(20-25(26)16-17-30-21)12-15-28(33)22(2)31-29(34)27(32-18-6-7-19-32)14-11-23-8-4-3-5-9-23/h3-5,8-10,13,16-17,20,22,27H,6-7,11-12,14-15,18-19H2,1-2H3,(H,31,34)/t22-,27+/m0/s1. The number of nitrogens with zero attached hydrogens (tertiary/aromatic N) is 2. The van der Waals surface area contributed by atoms with Gasteiger partial charge in [0.15, 0.2) is 5.78 Å². The van der Waals surface area contributed by atoms with Crippen LogP contribution in [0.25, 0.3) is 10.8 Å². The Morgan fingerprint density at radius 3 is 2.53 bits per heavy atom. The molecular weight excluding hydrogens is 422 g/mol. The molecule has 34 heavy (non-hydrogen) atoms. The van der Waals surface area contributed by atoms with Crippen molar-refractivity contribution < 1.29 is 9.59 Å². The fraction of sp³-hybridized carbons (Fsp3) is 0.414. The number of Topliss-reactive ketones (excluding diaryl/α,β-unsaturated/α-hetero) is 1. The zero-order valence-electron chi connectivity index (χ0n) is 20.3. The monoisotopic (exact) mass is 457 g/mol. The topological polar surface area (TPSA) is 62.3 Å². The minimum Gasteiger partial charge on any atom is -0.345 e. The molecule has 1 aromatic heterocycles.